The summed E-state index contributed by atoms with van der Waals surface area (Å²) in [6, 6.07) is 5.56. The Morgan fingerprint density at radius 1 is 1.10 bits per heavy atom. The quantitative estimate of drug-likeness (QED) is 0.628. The van der Waals surface area contributed by atoms with Crippen molar-refractivity contribution in [3.63, 3.8) is 0 Å². The van der Waals surface area contributed by atoms with Crippen LogP contribution in [0.2, 0.25) is 0 Å². The van der Waals surface area contributed by atoms with Crippen LogP contribution in [0.3, 0.4) is 0 Å². The molecule has 0 amide bonds. The normalized spacial score (nSPS) is 22.7. The predicted octanol–water partition coefficient (Wildman–Crippen LogP) is 1.95. The van der Waals surface area contributed by atoms with Crippen molar-refractivity contribution >= 4 is 17.3 Å². The van der Waals surface area contributed by atoms with Crippen LogP contribution in [0, 0.1) is 11.8 Å². The molecule has 2 aliphatic rings. The SMILES string of the molecule is O=C(O)c1cnncc1NC(O)N1C[C@H]2CN(c3ccccc3C(F)(F)F)C[C@H]2C1. The van der Waals surface area contributed by atoms with Gasteiger partial charge in [0.15, 0.2) is 6.35 Å². The van der Waals surface area contributed by atoms with Gasteiger partial charge in [0.25, 0.3) is 0 Å². The van der Waals surface area contributed by atoms with Gasteiger partial charge in [-0.05, 0) is 24.0 Å². The van der Waals surface area contributed by atoms with Crippen molar-refractivity contribution in [3.8, 4) is 0 Å². The number of carboxylic acid groups (broad SMARTS) is 1. The van der Waals surface area contributed by atoms with Gasteiger partial charge in [0, 0.05) is 31.9 Å². The summed E-state index contributed by atoms with van der Waals surface area (Å²) >= 11 is 0. The molecule has 3 heterocycles. The van der Waals surface area contributed by atoms with Crippen LogP contribution in [-0.4, -0.2) is 63.8 Å². The molecule has 3 atom stereocenters. The van der Waals surface area contributed by atoms with E-state index in [0.29, 0.717) is 26.2 Å². The number of hydrogen-bond donors (Lipinski definition) is 3. The minimum absolute atomic E-state index is 0.0947. The number of likely N-dealkylation sites (tertiary alicyclic amines) is 1. The van der Waals surface area contributed by atoms with Crippen LogP contribution in [-0.2, 0) is 6.18 Å². The largest absolute Gasteiger partial charge is 0.478 e. The van der Waals surface area contributed by atoms with Gasteiger partial charge < -0.3 is 20.4 Å². The summed E-state index contributed by atoms with van der Waals surface area (Å²) in [5.74, 6) is -1.01. The van der Waals surface area contributed by atoms with Crippen molar-refractivity contribution in [2.24, 2.45) is 11.8 Å². The molecule has 0 radical (unpaired) electrons. The van der Waals surface area contributed by atoms with E-state index in [2.05, 4.69) is 15.5 Å². The molecule has 0 saturated carbocycles. The van der Waals surface area contributed by atoms with Crippen molar-refractivity contribution in [2.45, 2.75) is 12.5 Å². The molecule has 1 aromatic heterocycles. The molecular formula is C19H20F3N5O3. The summed E-state index contributed by atoms with van der Waals surface area (Å²) in [7, 11) is 0. The van der Waals surface area contributed by atoms with Gasteiger partial charge >= 0.3 is 12.1 Å². The summed E-state index contributed by atoms with van der Waals surface area (Å²) in [4.78, 5) is 14.8. The van der Waals surface area contributed by atoms with Crippen LogP contribution in [0.25, 0.3) is 0 Å². The Kier molecular flexibility index (Phi) is 5.24. The molecule has 1 aromatic carbocycles. The Labute approximate surface area is 169 Å². The van der Waals surface area contributed by atoms with E-state index in [9.17, 15) is 28.2 Å². The van der Waals surface area contributed by atoms with E-state index >= 15 is 0 Å². The highest BCUT2D eigenvalue weighted by atomic mass is 19.4. The molecule has 160 valence electrons. The Hall–Kier alpha value is -2.92. The highest BCUT2D eigenvalue weighted by Crippen LogP contribution is 2.41. The first kappa shape index (κ1) is 20.4. The smallest absolute Gasteiger partial charge is 0.418 e. The summed E-state index contributed by atoms with van der Waals surface area (Å²) < 4.78 is 40.0. The van der Waals surface area contributed by atoms with Crippen LogP contribution in [0.4, 0.5) is 24.5 Å². The fourth-order valence-corrected chi connectivity index (χ4v) is 4.25. The maximum atomic E-state index is 13.3. The molecule has 2 fully saturated rings. The van der Waals surface area contributed by atoms with E-state index < -0.39 is 24.1 Å². The molecule has 4 rings (SSSR count). The van der Waals surface area contributed by atoms with Gasteiger partial charge in [0.05, 0.1) is 23.6 Å². The lowest BCUT2D eigenvalue weighted by molar-refractivity contribution is -0.137. The number of carbonyl (C=O) groups is 1. The number of rotatable bonds is 5. The van der Waals surface area contributed by atoms with Crippen molar-refractivity contribution in [3.05, 3.63) is 47.8 Å². The van der Waals surface area contributed by atoms with E-state index in [-0.39, 0.29) is 28.8 Å². The summed E-state index contributed by atoms with van der Waals surface area (Å²) in [6.07, 6.45) is -3.25. The van der Waals surface area contributed by atoms with Crippen molar-refractivity contribution < 1.29 is 28.2 Å². The van der Waals surface area contributed by atoms with Gasteiger partial charge in [-0.25, -0.2) is 4.79 Å². The molecular weight excluding hydrogens is 403 g/mol. The Morgan fingerprint density at radius 2 is 1.73 bits per heavy atom. The topological polar surface area (TPSA) is 102 Å². The first-order valence-corrected chi connectivity index (χ1v) is 9.38. The fraction of sp³-hybridized carbons (Fsp3) is 0.421. The number of hydrogen-bond acceptors (Lipinski definition) is 7. The number of nitrogens with one attached hydrogen (secondary N) is 1. The van der Waals surface area contributed by atoms with Crippen molar-refractivity contribution in [1.29, 1.82) is 0 Å². The lowest BCUT2D eigenvalue weighted by Crippen LogP contribution is -2.41. The van der Waals surface area contributed by atoms with Gasteiger partial charge in [0.2, 0.25) is 0 Å². The zero-order valence-electron chi connectivity index (χ0n) is 15.8. The van der Waals surface area contributed by atoms with Crippen LogP contribution in [0.15, 0.2) is 36.7 Å². The molecule has 30 heavy (non-hydrogen) atoms. The zero-order chi connectivity index (χ0) is 21.5. The van der Waals surface area contributed by atoms with Crippen LogP contribution in [0.5, 0.6) is 0 Å². The molecule has 0 aliphatic carbocycles. The Bertz CT molecular complexity index is 928. The number of alkyl halides is 3. The van der Waals surface area contributed by atoms with E-state index in [0.717, 1.165) is 12.3 Å². The molecule has 8 nitrogen and oxygen atoms in total. The second-order valence-corrected chi connectivity index (χ2v) is 7.53. The fourth-order valence-electron chi connectivity index (χ4n) is 4.25. The minimum Gasteiger partial charge on any atom is -0.478 e. The summed E-state index contributed by atoms with van der Waals surface area (Å²) in [5.41, 5.74) is -0.435. The predicted molar refractivity (Wildman–Crippen MR) is 101 cm³/mol. The lowest BCUT2D eigenvalue weighted by Gasteiger charge is -2.28. The number of para-hydroxylation sites is 1. The van der Waals surface area contributed by atoms with E-state index in [1.165, 1.54) is 18.3 Å². The van der Waals surface area contributed by atoms with E-state index in [4.69, 9.17) is 0 Å². The Balaban J connectivity index is 1.42. The molecule has 2 aromatic rings. The summed E-state index contributed by atoms with van der Waals surface area (Å²) in [5, 5.41) is 29.6. The summed E-state index contributed by atoms with van der Waals surface area (Å²) in [6.45, 7) is 1.87. The van der Waals surface area contributed by atoms with Crippen molar-refractivity contribution in [1.82, 2.24) is 15.1 Å². The van der Waals surface area contributed by atoms with E-state index in [1.54, 1.807) is 15.9 Å². The lowest BCUT2D eigenvalue weighted by atomic mass is 10.0. The molecule has 3 N–H and O–H groups in total. The maximum absolute atomic E-state index is 13.3. The molecule has 2 saturated heterocycles. The first-order valence-electron chi connectivity index (χ1n) is 9.38. The van der Waals surface area contributed by atoms with Crippen molar-refractivity contribution in [2.75, 3.05) is 36.4 Å². The highest BCUT2D eigenvalue weighted by Gasteiger charge is 2.44. The van der Waals surface area contributed by atoms with Gasteiger partial charge in [-0.3, -0.25) is 4.90 Å². The zero-order valence-corrected chi connectivity index (χ0v) is 15.8. The Morgan fingerprint density at radius 3 is 2.37 bits per heavy atom. The number of aromatic carboxylic acids is 1. The number of aliphatic hydroxyl groups excluding tert-OH is 1. The second-order valence-electron chi connectivity index (χ2n) is 7.53. The number of nitrogens with zero attached hydrogens (tertiary/aromatic N) is 4. The second kappa shape index (κ2) is 7.73. The minimum atomic E-state index is -4.42. The van der Waals surface area contributed by atoms with Gasteiger partial charge in [0.1, 0.15) is 5.56 Å². The van der Waals surface area contributed by atoms with Crippen LogP contribution < -0.4 is 10.2 Å². The molecule has 2 aliphatic heterocycles. The number of fused-ring (bicyclic) bond motifs is 1. The number of aromatic nitrogens is 2. The van der Waals surface area contributed by atoms with Crippen LogP contribution in [0.1, 0.15) is 15.9 Å². The number of benzene rings is 1. The van der Waals surface area contributed by atoms with Gasteiger partial charge in [-0.2, -0.15) is 23.4 Å². The third-order valence-electron chi connectivity index (χ3n) is 5.66. The highest BCUT2D eigenvalue weighted by molar-refractivity contribution is 5.93. The van der Waals surface area contributed by atoms with Crippen LogP contribution >= 0.6 is 0 Å². The third kappa shape index (κ3) is 3.90. The third-order valence-corrected chi connectivity index (χ3v) is 5.66. The monoisotopic (exact) mass is 423 g/mol. The van der Waals surface area contributed by atoms with Gasteiger partial charge in [-0.1, -0.05) is 12.1 Å². The maximum Gasteiger partial charge on any atom is 0.418 e. The molecule has 1 unspecified atom stereocenters. The number of halogens is 3. The number of anilines is 2. The molecule has 0 spiro atoms. The number of carboxylic acids is 1. The first-order chi connectivity index (χ1) is 14.2. The molecule has 11 heteroatoms. The van der Waals surface area contributed by atoms with E-state index in [1.807, 2.05) is 0 Å². The van der Waals surface area contributed by atoms with Gasteiger partial charge in [-0.15, -0.1) is 0 Å². The average molecular weight is 423 g/mol. The average Bonchev–Trinajstić information content (AvgIpc) is 3.27. The molecule has 0 bridgehead atoms. The standard InChI is InChI=1S/C19H20F3N5O3/c20-19(21,22)14-3-1-2-4-16(14)26-7-11-9-27(10-12(11)8-26)18(30)25-15-6-24-23-5-13(15)17(28)29/h1-6,11-12,18,30H,7-10H2,(H,23,25)(H,28,29)/t11-,12+,18?. The number of aliphatic hydroxyl groups is 1.